The fourth-order valence-electron chi connectivity index (χ4n) is 3.65. The number of hydrogen-bond acceptors (Lipinski definition) is 4. The predicted octanol–water partition coefficient (Wildman–Crippen LogP) is 4.77. The molecule has 0 aromatic heterocycles. The van der Waals surface area contributed by atoms with Crippen molar-refractivity contribution in [1.29, 1.82) is 0 Å². The molecule has 0 spiro atoms. The summed E-state index contributed by atoms with van der Waals surface area (Å²) in [6, 6.07) is 0. The Kier molecular flexibility index (Phi) is 11.2. The van der Waals surface area contributed by atoms with E-state index in [0.717, 1.165) is 76.3 Å². The minimum atomic E-state index is -0.729. The van der Waals surface area contributed by atoms with Crippen molar-refractivity contribution in [3.63, 3.8) is 0 Å². The largest absolute Gasteiger partial charge is 0.481 e. The molecule has 0 bridgehead atoms. The molecule has 0 saturated heterocycles. The first-order valence-electron chi connectivity index (χ1n) is 9.87. The molecule has 5 heteroatoms. The van der Waals surface area contributed by atoms with Gasteiger partial charge in [-0.1, -0.05) is 62.8 Å². The maximum absolute atomic E-state index is 10.5. The Hall–Kier alpha value is -1.36. The Labute approximate surface area is 151 Å². The van der Waals surface area contributed by atoms with Crippen LogP contribution in [0.1, 0.15) is 84.0 Å². The second-order valence-corrected chi connectivity index (χ2v) is 7.20. The molecule has 1 saturated carbocycles. The lowest BCUT2D eigenvalue weighted by Gasteiger charge is -2.17. The van der Waals surface area contributed by atoms with Crippen LogP contribution in [0.2, 0.25) is 0 Å². The number of aliphatic hydroxyl groups is 1. The van der Waals surface area contributed by atoms with Gasteiger partial charge >= 0.3 is 5.97 Å². The van der Waals surface area contributed by atoms with E-state index in [9.17, 15) is 15.1 Å². The maximum atomic E-state index is 10.5. The molecule has 0 aromatic rings. The Morgan fingerprint density at radius 1 is 1.24 bits per heavy atom. The quantitative estimate of drug-likeness (QED) is 0.193. The van der Waals surface area contributed by atoms with Crippen LogP contribution >= 0.6 is 0 Å². The van der Waals surface area contributed by atoms with Crippen molar-refractivity contribution >= 4 is 11.7 Å². The van der Waals surface area contributed by atoms with E-state index in [0.29, 0.717) is 5.92 Å². The molecule has 1 rings (SSSR count). The molecule has 0 aliphatic heterocycles. The first-order valence-corrected chi connectivity index (χ1v) is 9.87. The van der Waals surface area contributed by atoms with Crippen LogP contribution < -0.4 is 0 Å². The highest BCUT2D eigenvalue weighted by molar-refractivity contribution is 5.88. The van der Waals surface area contributed by atoms with E-state index in [4.69, 9.17) is 5.11 Å². The lowest BCUT2D eigenvalue weighted by atomic mass is 9.89. The van der Waals surface area contributed by atoms with E-state index in [-0.39, 0.29) is 18.4 Å². The summed E-state index contributed by atoms with van der Waals surface area (Å²) < 4.78 is 0. The van der Waals surface area contributed by atoms with Crippen molar-refractivity contribution in [2.75, 3.05) is 0 Å². The van der Waals surface area contributed by atoms with Crippen LogP contribution in [0, 0.1) is 11.8 Å². The van der Waals surface area contributed by atoms with Crippen molar-refractivity contribution in [2.45, 2.75) is 90.1 Å². The summed E-state index contributed by atoms with van der Waals surface area (Å²) in [6.45, 7) is 2.16. The van der Waals surface area contributed by atoms with Gasteiger partial charge in [0, 0.05) is 12.3 Å². The first-order chi connectivity index (χ1) is 12.1. The van der Waals surface area contributed by atoms with Gasteiger partial charge in [0.05, 0.1) is 11.8 Å². The van der Waals surface area contributed by atoms with E-state index in [1.807, 2.05) is 6.08 Å². The molecule has 0 heterocycles. The number of carboxylic acids is 1. The highest BCUT2D eigenvalue weighted by Gasteiger charge is 2.31. The number of aliphatic hydroxyl groups excluding tert-OH is 1. The van der Waals surface area contributed by atoms with Gasteiger partial charge in [0.2, 0.25) is 0 Å². The molecule has 144 valence electrons. The van der Waals surface area contributed by atoms with Gasteiger partial charge in [-0.3, -0.25) is 4.79 Å². The number of carbonyl (C=O) groups is 1. The monoisotopic (exact) mass is 353 g/mol. The number of oxime groups is 1. The Balaban J connectivity index is 2.38. The van der Waals surface area contributed by atoms with Crippen molar-refractivity contribution in [3.8, 4) is 0 Å². The lowest BCUT2D eigenvalue weighted by molar-refractivity contribution is -0.137. The van der Waals surface area contributed by atoms with Crippen molar-refractivity contribution in [2.24, 2.45) is 17.0 Å². The molecule has 3 N–H and O–H groups in total. The van der Waals surface area contributed by atoms with E-state index >= 15 is 0 Å². The molecule has 0 amide bonds. The van der Waals surface area contributed by atoms with Crippen LogP contribution in [0.4, 0.5) is 0 Å². The van der Waals surface area contributed by atoms with Crippen LogP contribution in [0.25, 0.3) is 0 Å². The molecule has 1 aliphatic rings. The molecule has 0 radical (unpaired) electrons. The maximum Gasteiger partial charge on any atom is 0.303 e. The molecule has 0 aromatic carbocycles. The number of rotatable bonds is 13. The summed E-state index contributed by atoms with van der Waals surface area (Å²) >= 11 is 0. The third-order valence-electron chi connectivity index (χ3n) is 5.15. The fourth-order valence-corrected chi connectivity index (χ4v) is 3.65. The van der Waals surface area contributed by atoms with Gasteiger partial charge in [0.1, 0.15) is 0 Å². The minimum Gasteiger partial charge on any atom is -0.481 e. The van der Waals surface area contributed by atoms with Gasteiger partial charge in [-0.15, -0.1) is 0 Å². The van der Waals surface area contributed by atoms with E-state index < -0.39 is 5.97 Å². The second-order valence-electron chi connectivity index (χ2n) is 7.20. The van der Waals surface area contributed by atoms with Gasteiger partial charge in [0.15, 0.2) is 0 Å². The average molecular weight is 354 g/mol. The van der Waals surface area contributed by atoms with Crippen LogP contribution in [0.5, 0.6) is 0 Å². The van der Waals surface area contributed by atoms with Crippen LogP contribution in [-0.2, 0) is 4.79 Å². The smallest absolute Gasteiger partial charge is 0.303 e. The molecule has 0 unspecified atom stereocenters. The van der Waals surface area contributed by atoms with Gasteiger partial charge in [-0.05, 0) is 38.0 Å². The number of unbranched alkanes of at least 4 members (excludes halogenated alkanes) is 5. The summed E-state index contributed by atoms with van der Waals surface area (Å²) in [5.41, 5.74) is 0.876. The summed E-state index contributed by atoms with van der Waals surface area (Å²) in [5, 5.41) is 31.4. The van der Waals surface area contributed by atoms with Gasteiger partial charge in [0.25, 0.3) is 0 Å². The molecule has 1 aliphatic carbocycles. The number of carboxylic acid groups (broad SMARTS) is 1. The Morgan fingerprint density at radius 3 is 2.68 bits per heavy atom. The number of aliphatic carboxylic acids is 1. The van der Waals surface area contributed by atoms with Gasteiger partial charge in [-0.25, -0.2) is 0 Å². The minimum absolute atomic E-state index is 0.244. The molecule has 5 nitrogen and oxygen atoms in total. The third-order valence-corrected chi connectivity index (χ3v) is 5.15. The predicted molar refractivity (Wildman–Crippen MR) is 100 cm³/mol. The topological polar surface area (TPSA) is 90.1 Å². The number of allylic oxidation sites excluding steroid dienone is 1. The number of nitrogens with zero attached hydrogens (tertiary/aromatic N) is 1. The van der Waals surface area contributed by atoms with Crippen LogP contribution in [-0.4, -0.2) is 33.2 Å². The zero-order valence-corrected chi connectivity index (χ0v) is 15.6. The van der Waals surface area contributed by atoms with Crippen LogP contribution in [0.15, 0.2) is 17.3 Å². The van der Waals surface area contributed by atoms with E-state index in [1.54, 1.807) is 0 Å². The van der Waals surface area contributed by atoms with E-state index in [2.05, 4.69) is 18.2 Å². The SMILES string of the molecule is CCCCC[C@H](O)/C=C/[C@@H]1CCC(=NO)[C@H]1CCCCCCC(=O)O. The van der Waals surface area contributed by atoms with Crippen molar-refractivity contribution in [3.05, 3.63) is 12.2 Å². The number of hydrogen-bond donors (Lipinski definition) is 3. The Morgan fingerprint density at radius 2 is 2.00 bits per heavy atom. The second kappa shape index (κ2) is 12.9. The lowest BCUT2D eigenvalue weighted by Crippen LogP contribution is -2.14. The third kappa shape index (κ3) is 9.05. The molecule has 3 atom stereocenters. The van der Waals surface area contributed by atoms with Crippen molar-refractivity contribution < 1.29 is 20.2 Å². The Bertz CT molecular complexity index is 433. The first kappa shape index (κ1) is 21.7. The molecule has 1 fully saturated rings. The zero-order valence-electron chi connectivity index (χ0n) is 15.6. The summed E-state index contributed by atoms with van der Waals surface area (Å²) in [5.74, 6) is -0.137. The summed E-state index contributed by atoms with van der Waals surface area (Å²) in [4.78, 5) is 10.5. The summed E-state index contributed by atoms with van der Waals surface area (Å²) in [6.07, 6.45) is 14.5. The van der Waals surface area contributed by atoms with Crippen molar-refractivity contribution in [1.82, 2.24) is 0 Å². The van der Waals surface area contributed by atoms with E-state index in [1.165, 1.54) is 0 Å². The summed E-state index contributed by atoms with van der Waals surface area (Å²) in [7, 11) is 0. The molecular weight excluding hydrogens is 318 g/mol. The molecular formula is C20H35NO4. The van der Waals surface area contributed by atoms with Gasteiger partial charge < -0.3 is 15.4 Å². The highest BCUT2D eigenvalue weighted by Crippen LogP contribution is 2.34. The average Bonchev–Trinajstić information content (AvgIpc) is 2.98. The standard InChI is InChI=1S/C20H35NO4/c1-2-3-6-9-17(22)14-12-16-13-15-19(21-25)18(16)10-7-4-5-8-11-20(23)24/h12,14,16-18,22,25H,2-11,13,15H2,1H3,(H,23,24)/b14-12+,21-19?/t16-,17+,18+/m1/s1. The van der Waals surface area contributed by atoms with Crippen LogP contribution in [0.3, 0.4) is 0 Å². The molecule has 25 heavy (non-hydrogen) atoms. The highest BCUT2D eigenvalue weighted by atomic mass is 16.4. The fraction of sp³-hybridized carbons (Fsp3) is 0.800. The van der Waals surface area contributed by atoms with Gasteiger partial charge in [-0.2, -0.15) is 0 Å². The normalized spacial score (nSPS) is 23.5. The zero-order chi connectivity index (χ0) is 18.5.